The summed E-state index contributed by atoms with van der Waals surface area (Å²) in [6, 6.07) is -0.248. The normalized spacial score (nSPS) is 13.8. The van der Waals surface area contributed by atoms with Crippen LogP contribution in [0.2, 0.25) is 0 Å². The fourth-order valence-electron chi connectivity index (χ4n) is 2.44. The number of aliphatic hydroxyl groups excluding tert-OH is 1. The Morgan fingerprint density at radius 2 is 2.00 bits per heavy atom. The first kappa shape index (κ1) is 17.5. The van der Waals surface area contributed by atoms with Crippen molar-refractivity contribution < 1.29 is 9.90 Å². The van der Waals surface area contributed by atoms with Gasteiger partial charge in [0, 0.05) is 24.8 Å². The summed E-state index contributed by atoms with van der Waals surface area (Å²) in [7, 11) is 1.91. The van der Waals surface area contributed by atoms with Gasteiger partial charge in [0.15, 0.2) is 0 Å². The zero-order valence-corrected chi connectivity index (χ0v) is 13.7. The van der Waals surface area contributed by atoms with E-state index in [0.717, 1.165) is 23.4 Å². The van der Waals surface area contributed by atoms with Gasteiger partial charge in [-0.25, -0.2) is 4.79 Å². The Morgan fingerprint density at radius 1 is 1.33 bits per heavy atom. The second-order valence-electron chi connectivity index (χ2n) is 5.42. The highest BCUT2D eigenvalue weighted by atomic mass is 16.3. The van der Waals surface area contributed by atoms with E-state index in [1.807, 2.05) is 39.4 Å². The Labute approximate surface area is 126 Å². The van der Waals surface area contributed by atoms with Gasteiger partial charge < -0.3 is 15.7 Å². The Hall–Kier alpha value is -1.56. The van der Waals surface area contributed by atoms with Crippen molar-refractivity contribution in [2.45, 2.75) is 59.1 Å². The number of nitrogens with zero attached hydrogens (tertiary/aromatic N) is 2. The van der Waals surface area contributed by atoms with Crippen LogP contribution in [0.15, 0.2) is 0 Å². The molecular weight excluding hydrogens is 268 g/mol. The molecule has 21 heavy (non-hydrogen) atoms. The fraction of sp³-hybridized carbons (Fsp3) is 0.733. The number of nitrogens with one attached hydrogen (secondary N) is 2. The fourth-order valence-corrected chi connectivity index (χ4v) is 2.44. The number of aryl methyl sites for hydroxylation is 2. The minimum atomic E-state index is -0.352. The highest BCUT2D eigenvalue weighted by Crippen LogP contribution is 2.23. The molecule has 1 rings (SSSR count). The van der Waals surface area contributed by atoms with E-state index in [0.29, 0.717) is 19.4 Å². The van der Waals surface area contributed by atoms with Crippen molar-refractivity contribution in [1.82, 2.24) is 20.4 Å². The van der Waals surface area contributed by atoms with Crippen LogP contribution in [0.25, 0.3) is 0 Å². The molecule has 0 saturated carbocycles. The van der Waals surface area contributed by atoms with E-state index in [-0.39, 0.29) is 18.2 Å². The third-order valence-electron chi connectivity index (χ3n) is 3.86. The maximum Gasteiger partial charge on any atom is 0.315 e. The average molecular weight is 296 g/mol. The molecule has 0 fully saturated rings. The first-order valence-electron chi connectivity index (χ1n) is 7.63. The third kappa shape index (κ3) is 4.74. The molecule has 2 atom stereocenters. The minimum Gasteiger partial charge on any atom is -0.393 e. The second-order valence-corrected chi connectivity index (χ2v) is 5.42. The van der Waals surface area contributed by atoms with Crippen molar-refractivity contribution in [1.29, 1.82) is 0 Å². The molecule has 1 aromatic rings. The van der Waals surface area contributed by atoms with E-state index in [4.69, 9.17) is 0 Å². The highest BCUT2D eigenvalue weighted by molar-refractivity contribution is 5.74. The summed E-state index contributed by atoms with van der Waals surface area (Å²) in [6.45, 7) is 8.41. The van der Waals surface area contributed by atoms with E-state index in [1.54, 1.807) is 0 Å². The SMILES string of the molecule is CCC(O)CCNC(=O)NC(CC)c1c(C)nn(C)c1C. The standard InChI is InChI=1S/C15H28N4O2/c1-6-12(20)8-9-16-15(21)17-13(7-2)14-10(3)18-19(5)11(14)4/h12-13,20H,6-9H2,1-5H3,(H2,16,17,21). The molecule has 0 radical (unpaired) electrons. The molecule has 2 unspecified atom stereocenters. The van der Waals surface area contributed by atoms with Crippen molar-refractivity contribution in [2.75, 3.05) is 6.54 Å². The lowest BCUT2D eigenvalue weighted by molar-refractivity contribution is 0.160. The minimum absolute atomic E-state index is 0.0465. The summed E-state index contributed by atoms with van der Waals surface area (Å²) >= 11 is 0. The Kier molecular flexibility index (Phi) is 6.68. The molecule has 6 nitrogen and oxygen atoms in total. The van der Waals surface area contributed by atoms with Gasteiger partial charge in [-0.15, -0.1) is 0 Å². The number of amides is 2. The van der Waals surface area contributed by atoms with Gasteiger partial charge in [-0.2, -0.15) is 5.10 Å². The van der Waals surface area contributed by atoms with Crippen molar-refractivity contribution in [2.24, 2.45) is 7.05 Å². The molecule has 0 spiro atoms. The summed E-state index contributed by atoms with van der Waals surface area (Å²) < 4.78 is 1.84. The predicted molar refractivity (Wildman–Crippen MR) is 83.2 cm³/mol. The first-order chi connectivity index (χ1) is 9.90. The van der Waals surface area contributed by atoms with Gasteiger partial charge >= 0.3 is 6.03 Å². The first-order valence-corrected chi connectivity index (χ1v) is 7.63. The summed E-state index contributed by atoms with van der Waals surface area (Å²) in [6.07, 6.45) is 1.73. The number of aromatic nitrogens is 2. The largest absolute Gasteiger partial charge is 0.393 e. The van der Waals surface area contributed by atoms with Crippen LogP contribution < -0.4 is 10.6 Å². The number of hydrogen-bond acceptors (Lipinski definition) is 3. The van der Waals surface area contributed by atoms with Gasteiger partial charge in [-0.3, -0.25) is 4.68 Å². The van der Waals surface area contributed by atoms with E-state index >= 15 is 0 Å². The monoisotopic (exact) mass is 296 g/mol. The van der Waals surface area contributed by atoms with Crippen molar-refractivity contribution in [3.8, 4) is 0 Å². The third-order valence-corrected chi connectivity index (χ3v) is 3.86. The zero-order valence-electron chi connectivity index (χ0n) is 13.7. The van der Waals surface area contributed by atoms with Crippen LogP contribution in [0.4, 0.5) is 4.79 Å². The molecule has 0 aliphatic rings. The van der Waals surface area contributed by atoms with E-state index in [1.165, 1.54) is 0 Å². The quantitative estimate of drug-likeness (QED) is 0.719. The van der Waals surface area contributed by atoms with Gasteiger partial charge in [0.1, 0.15) is 0 Å². The van der Waals surface area contributed by atoms with Crippen molar-refractivity contribution in [3.05, 3.63) is 17.0 Å². The maximum absolute atomic E-state index is 12.0. The number of carbonyl (C=O) groups is 1. The zero-order chi connectivity index (χ0) is 16.0. The summed E-state index contributed by atoms with van der Waals surface area (Å²) in [5, 5.41) is 19.6. The second kappa shape index (κ2) is 8.02. The molecule has 0 bridgehead atoms. The average Bonchev–Trinajstić information content (AvgIpc) is 2.69. The van der Waals surface area contributed by atoms with E-state index < -0.39 is 0 Å². The van der Waals surface area contributed by atoms with E-state index in [9.17, 15) is 9.90 Å². The van der Waals surface area contributed by atoms with Crippen LogP contribution in [0.3, 0.4) is 0 Å². The molecule has 0 aliphatic heterocycles. The van der Waals surface area contributed by atoms with Crippen LogP contribution in [-0.2, 0) is 7.05 Å². The van der Waals surface area contributed by atoms with Crippen LogP contribution in [0.1, 0.15) is 56.1 Å². The van der Waals surface area contributed by atoms with Crippen molar-refractivity contribution in [3.63, 3.8) is 0 Å². The smallest absolute Gasteiger partial charge is 0.315 e. The van der Waals surface area contributed by atoms with Crippen LogP contribution in [0, 0.1) is 13.8 Å². The number of carbonyl (C=O) groups excluding carboxylic acids is 1. The van der Waals surface area contributed by atoms with Crippen molar-refractivity contribution >= 4 is 6.03 Å². The topological polar surface area (TPSA) is 79.2 Å². The number of hydrogen-bond donors (Lipinski definition) is 3. The molecular formula is C15H28N4O2. The van der Waals surface area contributed by atoms with Crippen LogP contribution in [0.5, 0.6) is 0 Å². The van der Waals surface area contributed by atoms with Crippen LogP contribution >= 0.6 is 0 Å². The molecule has 6 heteroatoms. The van der Waals surface area contributed by atoms with Gasteiger partial charge in [-0.1, -0.05) is 13.8 Å². The van der Waals surface area contributed by atoms with Gasteiger partial charge in [0.05, 0.1) is 17.8 Å². The summed E-state index contributed by atoms with van der Waals surface area (Å²) in [5.74, 6) is 0. The summed E-state index contributed by atoms with van der Waals surface area (Å²) in [5.41, 5.74) is 3.10. The Bertz CT molecular complexity index is 470. The van der Waals surface area contributed by atoms with Gasteiger partial charge in [0.25, 0.3) is 0 Å². The Morgan fingerprint density at radius 3 is 2.48 bits per heavy atom. The summed E-state index contributed by atoms with van der Waals surface area (Å²) in [4.78, 5) is 12.0. The number of rotatable bonds is 7. The lowest BCUT2D eigenvalue weighted by Gasteiger charge is -2.18. The van der Waals surface area contributed by atoms with E-state index in [2.05, 4.69) is 15.7 Å². The molecule has 0 saturated heterocycles. The molecule has 0 aromatic carbocycles. The Balaban J connectivity index is 2.60. The highest BCUT2D eigenvalue weighted by Gasteiger charge is 2.20. The molecule has 1 aromatic heterocycles. The molecule has 0 aliphatic carbocycles. The molecule has 2 amide bonds. The lowest BCUT2D eigenvalue weighted by Crippen LogP contribution is -2.39. The molecule has 3 N–H and O–H groups in total. The van der Waals surface area contributed by atoms with Gasteiger partial charge in [-0.05, 0) is 33.1 Å². The molecule has 1 heterocycles. The van der Waals surface area contributed by atoms with Gasteiger partial charge in [0.2, 0.25) is 0 Å². The van der Waals surface area contributed by atoms with Crippen LogP contribution in [-0.4, -0.2) is 33.6 Å². The number of aliphatic hydroxyl groups is 1. The maximum atomic E-state index is 12.0. The number of urea groups is 1. The lowest BCUT2D eigenvalue weighted by atomic mass is 10.0. The predicted octanol–water partition coefficient (Wildman–Crippen LogP) is 1.95. The molecule has 120 valence electrons.